The standard InChI is InChI=1S/C39H79N7O7/c1-8-17-40-29-37(53)46(22-24-48)30-35(51)39(13-6,14-7)44-20-18-41-27-33(49)25-31(16-15-23-47)26-34(50)38(11-4,12-5)43-21-19-42-28-36(52)45-32(9-2)10-3/h31-32,36,40-45,47-48,52H,8-30H2,1-7H3. The van der Waals surface area contributed by atoms with Crippen molar-refractivity contribution in [2.24, 2.45) is 5.92 Å². The zero-order valence-electron chi connectivity index (χ0n) is 34.4. The van der Waals surface area contributed by atoms with Gasteiger partial charge in [0.2, 0.25) is 5.91 Å². The molecular weight excluding hydrogens is 678 g/mol. The molecule has 1 amide bonds. The van der Waals surface area contributed by atoms with Crippen molar-refractivity contribution in [3.8, 4) is 0 Å². The summed E-state index contributed by atoms with van der Waals surface area (Å²) in [7, 11) is 0. The number of nitrogens with one attached hydrogen (secondary N) is 6. The highest BCUT2D eigenvalue weighted by Gasteiger charge is 2.36. The molecule has 0 spiro atoms. The summed E-state index contributed by atoms with van der Waals surface area (Å²) >= 11 is 0. The molecule has 0 bridgehead atoms. The molecule has 0 fully saturated rings. The number of aliphatic hydroxyl groups is 3. The zero-order chi connectivity index (χ0) is 40.1. The summed E-state index contributed by atoms with van der Waals surface area (Å²) in [5.41, 5.74) is -1.55. The third kappa shape index (κ3) is 20.0. The lowest BCUT2D eigenvalue weighted by atomic mass is 9.81. The monoisotopic (exact) mass is 758 g/mol. The minimum absolute atomic E-state index is 0.00558. The van der Waals surface area contributed by atoms with Crippen molar-refractivity contribution < 1.29 is 34.5 Å². The Morgan fingerprint density at radius 3 is 1.77 bits per heavy atom. The maximum Gasteiger partial charge on any atom is 0.237 e. The van der Waals surface area contributed by atoms with E-state index in [2.05, 4.69) is 45.7 Å². The van der Waals surface area contributed by atoms with E-state index < -0.39 is 17.3 Å². The molecular formula is C39H79N7O7. The molecule has 0 saturated carbocycles. The molecule has 0 aliphatic rings. The van der Waals surface area contributed by atoms with E-state index in [-0.39, 0.29) is 87.5 Å². The van der Waals surface area contributed by atoms with Crippen LogP contribution in [0.2, 0.25) is 0 Å². The molecule has 53 heavy (non-hydrogen) atoms. The van der Waals surface area contributed by atoms with Gasteiger partial charge in [-0.05, 0) is 70.3 Å². The molecule has 0 saturated heterocycles. The minimum atomic E-state index is -0.840. The maximum absolute atomic E-state index is 13.8. The summed E-state index contributed by atoms with van der Waals surface area (Å²) < 4.78 is 0. The van der Waals surface area contributed by atoms with Crippen LogP contribution in [-0.2, 0) is 19.2 Å². The highest BCUT2D eigenvalue weighted by atomic mass is 16.3. The first kappa shape index (κ1) is 51.1. The molecule has 14 heteroatoms. The second-order valence-electron chi connectivity index (χ2n) is 14.2. The van der Waals surface area contributed by atoms with Gasteiger partial charge < -0.3 is 46.8 Å². The highest BCUT2D eigenvalue weighted by molar-refractivity contribution is 5.93. The molecule has 0 aliphatic heterocycles. The first-order valence-electron chi connectivity index (χ1n) is 20.6. The summed E-state index contributed by atoms with van der Waals surface area (Å²) in [5, 5.41) is 48.8. The highest BCUT2D eigenvalue weighted by Crippen LogP contribution is 2.25. The number of aliphatic hydroxyl groups excluding tert-OH is 3. The number of carbonyl (C=O) groups excluding carboxylic acids is 4. The van der Waals surface area contributed by atoms with Crippen molar-refractivity contribution in [2.75, 3.05) is 78.7 Å². The number of carbonyl (C=O) groups is 4. The van der Waals surface area contributed by atoms with Gasteiger partial charge in [0.25, 0.3) is 0 Å². The Hall–Kier alpha value is -1.88. The normalized spacial score (nSPS) is 13.3. The molecule has 2 atom stereocenters. The van der Waals surface area contributed by atoms with Crippen LogP contribution in [0.5, 0.6) is 0 Å². The SMILES string of the molecule is CCCNCC(=O)N(CCO)CC(=O)C(CC)(CC)NCCNCC(=O)CC(CCCO)CC(=O)C(CC)(CC)NCCNCC(O)NC(CC)CC. The van der Waals surface area contributed by atoms with Crippen LogP contribution < -0.4 is 31.9 Å². The van der Waals surface area contributed by atoms with Crippen molar-refractivity contribution in [1.29, 1.82) is 0 Å². The van der Waals surface area contributed by atoms with E-state index in [1.807, 2.05) is 34.6 Å². The lowest BCUT2D eigenvalue weighted by Gasteiger charge is -2.34. The van der Waals surface area contributed by atoms with Crippen LogP contribution in [0.4, 0.5) is 0 Å². The molecule has 14 nitrogen and oxygen atoms in total. The van der Waals surface area contributed by atoms with Crippen LogP contribution in [0.15, 0.2) is 0 Å². The lowest BCUT2D eigenvalue weighted by Crippen LogP contribution is -2.57. The molecule has 2 unspecified atom stereocenters. The summed E-state index contributed by atoms with van der Waals surface area (Å²) in [6.07, 6.45) is 5.98. The Morgan fingerprint density at radius 2 is 1.25 bits per heavy atom. The van der Waals surface area contributed by atoms with Crippen LogP contribution in [0, 0.1) is 5.92 Å². The van der Waals surface area contributed by atoms with Gasteiger partial charge in [-0.3, -0.25) is 24.5 Å². The van der Waals surface area contributed by atoms with Gasteiger partial charge in [0, 0.05) is 64.8 Å². The lowest BCUT2D eigenvalue weighted by molar-refractivity contribution is -0.137. The molecule has 312 valence electrons. The van der Waals surface area contributed by atoms with Gasteiger partial charge >= 0.3 is 0 Å². The van der Waals surface area contributed by atoms with E-state index in [4.69, 9.17) is 0 Å². The third-order valence-corrected chi connectivity index (χ3v) is 10.6. The first-order chi connectivity index (χ1) is 25.4. The van der Waals surface area contributed by atoms with Gasteiger partial charge in [-0.1, -0.05) is 48.5 Å². The zero-order valence-corrected chi connectivity index (χ0v) is 34.4. The third-order valence-electron chi connectivity index (χ3n) is 10.6. The molecule has 0 aromatic carbocycles. The Kier molecular flexibility index (Phi) is 29.3. The Bertz CT molecular complexity index is 991. The van der Waals surface area contributed by atoms with Crippen LogP contribution in [-0.4, -0.2) is 145 Å². The van der Waals surface area contributed by atoms with Gasteiger partial charge in [0.05, 0.1) is 37.3 Å². The van der Waals surface area contributed by atoms with E-state index in [1.54, 1.807) is 0 Å². The molecule has 9 N–H and O–H groups in total. The van der Waals surface area contributed by atoms with Crippen LogP contribution in [0.3, 0.4) is 0 Å². The van der Waals surface area contributed by atoms with Crippen molar-refractivity contribution in [2.45, 2.75) is 142 Å². The predicted octanol–water partition coefficient (Wildman–Crippen LogP) is 1.26. The smallest absolute Gasteiger partial charge is 0.237 e. The van der Waals surface area contributed by atoms with Crippen molar-refractivity contribution in [1.82, 2.24) is 36.8 Å². The van der Waals surface area contributed by atoms with Gasteiger partial charge in [0.15, 0.2) is 11.6 Å². The fraction of sp³-hybridized carbons (Fsp3) is 0.897. The van der Waals surface area contributed by atoms with Gasteiger partial charge in [-0.25, -0.2) is 0 Å². The maximum atomic E-state index is 13.8. The number of Topliss-reactive ketones (excluding diaryl/α,β-unsaturated/α-hetero) is 3. The molecule has 0 aliphatic carbocycles. The first-order valence-corrected chi connectivity index (χ1v) is 20.6. The summed E-state index contributed by atoms with van der Waals surface area (Å²) in [4.78, 5) is 54.4. The van der Waals surface area contributed by atoms with Crippen molar-refractivity contribution in [3.63, 3.8) is 0 Å². The number of nitrogens with zero attached hydrogens (tertiary/aromatic N) is 1. The summed E-state index contributed by atoms with van der Waals surface area (Å²) in [6, 6.07) is 0.274. The van der Waals surface area contributed by atoms with E-state index in [9.17, 15) is 34.5 Å². The summed E-state index contributed by atoms with van der Waals surface area (Å²) in [6.45, 7) is 17.2. The topological polar surface area (TPSA) is 204 Å². The summed E-state index contributed by atoms with van der Waals surface area (Å²) in [5.74, 6) is -0.463. The van der Waals surface area contributed by atoms with Crippen LogP contribution in [0.1, 0.15) is 119 Å². The number of hydrogen-bond donors (Lipinski definition) is 9. The quantitative estimate of drug-likeness (QED) is 0.0324. The molecule has 0 heterocycles. The Labute approximate surface area is 321 Å². The Balaban J connectivity index is 5.09. The Morgan fingerprint density at radius 1 is 0.679 bits per heavy atom. The van der Waals surface area contributed by atoms with Crippen LogP contribution >= 0.6 is 0 Å². The van der Waals surface area contributed by atoms with E-state index in [0.29, 0.717) is 77.8 Å². The number of ketones is 3. The number of rotatable bonds is 37. The van der Waals surface area contributed by atoms with Crippen molar-refractivity contribution in [3.05, 3.63) is 0 Å². The van der Waals surface area contributed by atoms with Gasteiger partial charge in [-0.2, -0.15) is 0 Å². The van der Waals surface area contributed by atoms with Gasteiger partial charge in [0.1, 0.15) is 12.0 Å². The average Bonchev–Trinajstić information content (AvgIpc) is 3.15. The van der Waals surface area contributed by atoms with Crippen molar-refractivity contribution >= 4 is 23.3 Å². The molecule has 0 aromatic heterocycles. The molecule has 0 rings (SSSR count). The molecule has 0 aromatic rings. The minimum Gasteiger partial charge on any atom is -0.396 e. The number of amides is 1. The largest absolute Gasteiger partial charge is 0.396 e. The van der Waals surface area contributed by atoms with E-state index >= 15 is 0 Å². The second kappa shape index (κ2) is 30.4. The van der Waals surface area contributed by atoms with Gasteiger partial charge in [-0.15, -0.1) is 0 Å². The van der Waals surface area contributed by atoms with E-state index in [1.165, 1.54) is 4.90 Å². The van der Waals surface area contributed by atoms with E-state index in [0.717, 1.165) is 19.3 Å². The number of hydrogen-bond acceptors (Lipinski definition) is 13. The fourth-order valence-electron chi connectivity index (χ4n) is 6.82. The average molecular weight is 758 g/mol. The predicted molar refractivity (Wildman–Crippen MR) is 213 cm³/mol. The molecule has 0 radical (unpaired) electrons. The second-order valence-corrected chi connectivity index (χ2v) is 14.2. The van der Waals surface area contributed by atoms with Crippen LogP contribution in [0.25, 0.3) is 0 Å². The fourth-order valence-corrected chi connectivity index (χ4v) is 6.82.